The maximum absolute atomic E-state index is 14.0. The van der Waals surface area contributed by atoms with Gasteiger partial charge in [0, 0.05) is 38.8 Å². The fourth-order valence-corrected chi connectivity index (χ4v) is 3.95. The first-order valence-electron chi connectivity index (χ1n) is 10.1. The van der Waals surface area contributed by atoms with Crippen molar-refractivity contribution in [2.45, 2.75) is 32.2 Å². The molecule has 0 saturated carbocycles. The number of piperidine rings is 1. The Labute approximate surface area is 169 Å². The van der Waals surface area contributed by atoms with Crippen molar-refractivity contribution in [1.29, 1.82) is 0 Å². The van der Waals surface area contributed by atoms with Crippen molar-refractivity contribution in [3.8, 4) is 0 Å². The lowest BCUT2D eigenvalue weighted by Gasteiger charge is -2.27. The highest BCUT2D eigenvalue weighted by Crippen LogP contribution is 2.27. The van der Waals surface area contributed by atoms with Gasteiger partial charge in [0.1, 0.15) is 11.6 Å². The van der Waals surface area contributed by atoms with Gasteiger partial charge in [-0.1, -0.05) is 18.2 Å². The van der Waals surface area contributed by atoms with Crippen molar-refractivity contribution in [3.05, 3.63) is 54.0 Å². The highest BCUT2D eigenvalue weighted by molar-refractivity contribution is 6.00. The molecule has 2 fully saturated rings. The van der Waals surface area contributed by atoms with Crippen LogP contribution in [0.2, 0.25) is 0 Å². The van der Waals surface area contributed by atoms with Crippen LogP contribution in [0.4, 0.5) is 15.9 Å². The Kier molecular flexibility index (Phi) is 5.74. The average Bonchev–Trinajstić information content (AvgIpc) is 3.15. The number of amides is 2. The summed E-state index contributed by atoms with van der Waals surface area (Å²) in [6.45, 7) is 2.63. The van der Waals surface area contributed by atoms with Crippen LogP contribution < -0.4 is 15.1 Å². The van der Waals surface area contributed by atoms with Gasteiger partial charge in [-0.05, 0) is 43.0 Å². The fraction of sp³-hybridized carbons (Fsp3) is 0.409. The van der Waals surface area contributed by atoms with Crippen molar-refractivity contribution in [3.63, 3.8) is 0 Å². The molecular formula is C22H25FN4O2. The largest absolute Gasteiger partial charge is 0.357 e. The molecule has 152 valence electrons. The SMILES string of the molecule is O=C(NCc1ccc(N2CCCCC2)nc1)C1CC(=O)N(c2ccccc2F)C1. The zero-order chi connectivity index (χ0) is 20.2. The van der Waals surface area contributed by atoms with Crippen LogP contribution in [0.3, 0.4) is 0 Å². The standard InChI is InChI=1S/C22H25FN4O2/c23-18-6-2-3-7-19(18)27-15-17(12-21(27)28)22(29)25-14-16-8-9-20(24-13-16)26-10-4-1-5-11-26/h2-3,6-9,13,17H,1,4-5,10-12,14-15H2,(H,25,29). The summed E-state index contributed by atoms with van der Waals surface area (Å²) in [6.07, 6.45) is 5.55. The number of anilines is 2. The first-order chi connectivity index (χ1) is 14.1. The van der Waals surface area contributed by atoms with Crippen LogP contribution in [-0.4, -0.2) is 36.4 Å². The number of pyridine rings is 1. The van der Waals surface area contributed by atoms with E-state index in [2.05, 4.69) is 15.2 Å². The van der Waals surface area contributed by atoms with Gasteiger partial charge in [-0.15, -0.1) is 0 Å². The molecule has 1 atom stereocenters. The number of rotatable bonds is 5. The van der Waals surface area contributed by atoms with Gasteiger partial charge < -0.3 is 15.1 Å². The summed E-state index contributed by atoms with van der Waals surface area (Å²) in [6, 6.07) is 10.1. The lowest BCUT2D eigenvalue weighted by atomic mass is 10.1. The Hall–Kier alpha value is -2.96. The minimum absolute atomic E-state index is 0.0896. The predicted molar refractivity (Wildman–Crippen MR) is 109 cm³/mol. The average molecular weight is 396 g/mol. The number of nitrogens with one attached hydrogen (secondary N) is 1. The van der Waals surface area contributed by atoms with Gasteiger partial charge in [-0.3, -0.25) is 9.59 Å². The van der Waals surface area contributed by atoms with E-state index in [4.69, 9.17) is 0 Å². The van der Waals surface area contributed by atoms with Crippen LogP contribution >= 0.6 is 0 Å². The molecule has 2 aromatic rings. The molecule has 6 nitrogen and oxygen atoms in total. The van der Waals surface area contributed by atoms with Crippen LogP contribution in [0.15, 0.2) is 42.6 Å². The Morgan fingerprint density at radius 2 is 1.93 bits per heavy atom. The van der Waals surface area contributed by atoms with E-state index in [1.54, 1.807) is 24.4 Å². The van der Waals surface area contributed by atoms with Gasteiger partial charge in [0.25, 0.3) is 0 Å². The van der Waals surface area contributed by atoms with E-state index in [0.717, 1.165) is 24.5 Å². The minimum Gasteiger partial charge on any atom is -0.357 e. The monoisotopic (exact) mass is 396 g/mol. The molecular weight excluding hydrogens is 371 g/mol. The highest BCUT2D eigenvalue weighted by Gasteiger charge is 2.35. The third kappa shape index (κ3) is 4.39. The molecule has 2 saturated heterocycles. The van der Waals surface area contributed by atoms with Crippen LogP contribution in [0.5, 0.6) is 0 Å². The van der Waals surface area contributed by atoms with E-state index in [-0.39, 0.29) is 30.5 Å². The minimum atomic E-state index is -0.484. The third-order valence-corrected chi connectivity index (χ3v) is 5.59. The molecule has 3 heterocycles. The number of aromatic nitrogens is 1. The molecule has 1 N–H and O–H groups in total. The fourth-order valence-electron chi connectivity index (χ4n) is 3.95. The van der Waals surface area contributed by atoms with Gasteiger partial charge in [0.15, 0.2) is 0 Å². The van der Waals surface area contributed by atoms with Gasteiger partial charge in [-0.2, -0.15) is 0 Å². The first kappa shape index (κ1) is 19.4. The van der Waals surface area contributed by atoms with Crippen LogP contribution in [-0.2, 0) is 16.1 Å². The van der Waals surface area contributed by atoms with Crippen LogP contribution in [0.25, 0.3) is 0 Å². The summed E-state index contributed by atoms with van der Waals surface area (Å²) in [5.74, 6) is -0.397. The number of carbonyl (C=O) groups is 2. The number of para-hydroxylation sites is 1. The summed E-state index contributed by atoms with van der Waals surface area (Å²) in [7, 11) is 0. The van der Waals surface area contributed by atoms with Gasteiger partial charge in [0.2, 0.25) is 11.8 Å². The normalized spacial score (nSPS) is 19.5. The summed E-state index contributed by atoms with van der Waals surface area (Å²) < 4.78 is 14.0. The summed E-state index contributed by atoms with van der Waals surface area (Å²) >= 11 is 0. The molecule has 29 heavy (non-hydrogen) atoms. The molecule has 0 bridgehead atoms. The van der Waals surface area contributed by atoms with Crippen molar-refractivity contribution in [2.24, 2.45) is 5.92 Å². The summed E-state index contributed by atoms with van der Waals surface area (Å²) in [5.41, 5.74) is 1.14. The second-order valence-corrected chi connectivity index (χ2v) is 7.65. The third-order valence-electron chi connectivity index (χ3n) is 5.59. The number of hydrogen-bond donors (Lipinski definition) is 1. The second kappa shape index (κ2) is 8.59. The van der Waals surface area contributed by atoms with E-state index in [1.807, 2.05) is 12.1 Å². The van der Waals surface area contributed by atoms with Gasteiger partial charge >= 0.3 is 0 Å². The van der Waals surface area contributed by atoms with E-state index in [1.165, 1.54) is 30.2 Å². The molecule has 2 aliphatic heterocycles. The molecule has 0 radical (unpaired) electrons. The topological polar surface area (TPSA) is 65.5 Å². The molecule has 1 aromatic carbocycles. The quantitative estimate of drug-likeness (QED) is 0.844. The number of benzene rings is 1. The zero-order valence-electron chi connectivity index (χ0n) is 16.3. The first-order valence-corrected chi connectivity index (χ1v) is 10.1. The Morgan fingerprint density at radius 3 is 2.66 bits per heavy atom. The number of carbonyl (C=O) groups excluding carboxylic acids is 2. The number of halogens is 1. The molecule has 0 spiro atoms. The van der Waals surface area contributed by atoms with Gasteiger partial charge in [-0.25, -0.2) is 9.37 Å². The number of hydrogen-bond acceptors (Lipinski definition) is 4. The lowest BCUT2D eigenvalue weighted by Crippen LogP contribution is -2.33. The zero-order valence-corrected chi connectivity index (χ0v) is 16.3. The maximum atomic E-state index is 14.0. The lowest BCUT2D eigenvalue weighted by molar-refractivity contribution is -0.126. The summed E-state index contributed by atoms with van der Waals surface area (Å²) in [4.78, 5) is 33.0. The Bertz CT molecular complexity index is 881. The highest BCUT2D eigenvalue weighted by atomic mass is 19.1. The van der Waals surface area contributed by atoms with Crippen molar-refractivity contribution < 1.29 is 14.0 Å². The molecule has 1 aromatic heterocycles. The van der Waals surface area contributed by atoms with E-state index in [0.29, 0.717) is 6.54 Å². The van der Waals surface area contributed by atoms with Crippen molar-refractivity contribution in [2.75, 3.05) is 29.4 Å². The molecule has 2 aliphatic rings. The summed E-state index contributed by atoms with van der Waals surface area (Å²) in [5, 5.41) is 2.88. The predicted octanol–water partition coefficient (Wildman–Crippen LogP) is 2.88. The van der Waals surface area contributed by atoms with E-state index in [9.17, 15) is 14.0 Å². The number of nitrogens with zero attached hydrogens (tertiary/aromatic N) is 3. The second-order valence-electron chi connectivity index (χ2n) is 7.65. The van der Waals surface area contributed by atoms with Crippen molar-refractivity contribution >= 4 is 23.3 Å². The van der Waals surface area contributed by atoms with Crippen molar-refractivity contribution in [1.82, 2.24) is 10.3 Å². The van der Waals surface area contributed by atoms with E-state index < -0.39 is 11.7 Å². The van der Waals surface area contributed by atoms with E-state index >= 15 is 0 Å². The molecule has 7 heteroatoms. The maximum Gasteiger partial charge on any atom is 0.227 e. The van der Waals surface area contributed by atoms with Gasteiger partial charge in [0.05, 0.1) is 11.6 Å². The molecule has 2 amide bonds. The molecule has 4 rings (SSSR count). The Morgan fingerprint density at radius 1 is 1.14 bits per heavy atom. The van der Waals surface area contributed by atoms with Crippen LogP contribution in [0.1, 0.15) is 31.2 Å². The Balaban J connectivity index is 1.32. The smallest absolute Gasteiger partial charge is 0.227 e. The molecule has 1 unspecified atom stereocenters. The van der Waals surface area contributed by atoms with Crippen LogP contribution in [0, 0.1) is 11.7 Å². The molecule has 0 aliphatic carbocycles.